The van der Waals surface area contributed by atoms with Gasteiger partial charge in [-0.05, 0) is 37.5 Å². The maximum Gasteiger partial charge on any atom is 0.257 e. The van der Waals surface area contributed by atoms with Gasteiger partial charge in [-0.1, -0.05) is 17.4 Å². The molecule has 1 N–H and O–H groups in total. The van der Waals surface area contributed by atoms with E-state index in [2.05, 4.69) is 15.5 Å². The maximum atomic E-state index is 12.5. The summed E-state index contributed by atoms with van der Waals surface area (Å²) in [7, 11) is -0.686. The van der Waals surface area contributed by atoms with Crippen LogP contribution in [0.3, 0.4) is 0 Å². The highest BCUT2D eigenvalue weighted by Crippen LogP contribution is 2.42. The van der Waals surface area contributed by atoms with Gasteiger partial charge in [-0.15, -0.1) is 10.2 Å². The van der Waals surface area contributed by atoms with Gasteiger partial charge < -0.3 is 0 Å². The van der Waals surface area contributed by atoms with Crippen molar-refractivity contribution >= 4 is 32.4 Å². The first-order valence-corrected chi connectivity index (χ1v) is 9.72. The van der Waals surface area contributed by atoms with Crippen molar-refractivity contribution in [2.45, 2.75) is 30.6 Å². The molecule has 24 heavy (non-hydrogen) atoms. The number of rotatable bonds is 5. The van der Waals surface area contributed by atoms with Gasteiger partial charge in [0.1, 0.15) is 5.01 Å². The Balaban J connectivity index is 1.85. The number of sulfonamides is 1. The van der Waals surface area contributed by atoms with E-state index < -0.39 is 10.0 Å². The molecule has 0 radical (unpaired) electrons. The number of benzene rings is 1. The summed E-state index contributed by atoms with van der Waals surface area (Å²) in [6.45, 7) is 1.76. The molecule has 1 saturated carbocycles. The Kier molecular flexibility index (Phi) is 4.41. The molecule has 1 heterocycles. The lowest BCUT2D eigenvalue weighted by atomic mass is 10.1. The Labute approximate surface area is 144 Å². The summed E-state index contributed by atoms with van der Waals surface area (Å²) in [4.78, 5) is 12.6. The standard InChI is InChI=1S/C15H18N4O3S2/c1-9-4-7-11(24(21,22)19(2)3)8-12(9)13(20)16-15-18-17-14(23-15)10-5-6-10/h4,7-8,10H,5-6H2,1-3H3,(H,16,18,20). The highest BCUT2D eigenvalue weighted by Gasteiger charge is 2.28. The summed E-state index contributed by atoms with van der Waals surface area (Å²) >= 11 is 1.37. The van der Waals surface area contributed by atoms with Gasteiger partial charge in [0.05, 0.1) is 4.90 Å². The molecule has 0 spiro atoms. The predicted molar refractivity (Wildman–Crippen MR) is 91.9 cm³/mol. The van der Waals surface area contributed by atoms with E-state index in [-0.39, 0.29) is 10.8 Å². The summed E-state index contributed by atoms with van der Waals surface area (Å²) in [5.41, 5.74) is 0.998. The number of hydrogen-bond acceptors (Lipinski definition) is 6. The molecule has 0 atom stereocenters. The van der Waals surface area contributed by atoms with Gasteiger partial charge in [0.15, 0.2) is 0 Å². The van der Waals surface area contributed by atoms with E-state index in [4.69, 9.17) is 0 Å². The van der Waals surface area contributed by atoms with Gasteiger partial charge in [0.25, 0.3) is 5.91 Å². The van der Waals surface area contributed by atoms with Crippen molar-refractivity contribution in [3.05, 3.63) is 34.3 Å². The molecule has 9 heteroatoms. The van der Waals surface area contributed by atoms with Gasteiger partial charge >= 0.3 is 0 Å². The SMILES string of the molecule is Cc1ccc(S(=O)(=O)N(C)C)cc1C(=O)Nc1nnc(C2CC2)s1. The largest absolute Gasteiger partial charge is 0.296 e. The fourth-order valence-electron chi connectivity index (χ4n) is 2.16. The van der Waals surface area contributed by atoms with Crippen LogP contribution in [0.25, 0.3) is 0 Å². The van der Waals surface area contributed by atoms with Crippen LogP contribution in [0.1, 0.15) is 39.7 Å². The number of aromatic nitrogens is 2. The van der Waals surface area contributed by atoms with Crippen molar-refractivity contribution < 1.29 is 13.2 Å². The number of nitrogens with one attached hydrogen (secondary N) is 1. The van der Waals surface area contributed by atoms with Crippen LogP contribution in [-0.4, -0.2) is 42.9 Å². The van der Waals surface area contributed by atoms with Crippen molar-refractivity contribution in [1.29, 1.82) is 0 Å². The van der Waals surface area contributed by atoms with Crippen LogP contribution in [0, 0.1) is 6.92 Å². The second kappa shape index (κ2) is 6.23. The molecule has 0 unspecified atom stereocenters. The minimum atomic E-state index is -3.59. The zero-order chi connectivity index (χ0) is 17.5. The Hall–Kier alpha value is -1.84. The summed E-state index contributed by atoms with van der Waals surface area (Å²) in [5.74, 6) is 0.0882. The van der Waals surface area contributed by atoms with Crippen LogP contribution in [0.4, 0.5) is 5.13 Å². The van der Waals surface area contributed by atoms with E-state index in [9.17, 15) is 13.2 Å². The van der Waals surface area contributed by atoms with Crippen molar-refractivity contribution in [3.8, 4) is 0 Å². The number of amides is 1. The zero-order valence-electron chi connectivity index (χ0n) is 13.6. The predicted octanol–water partition coefficient (Wildman–Crippen LogP) is 2.23. The van der Waals surface area contributed by atoms with Crippen LogP contribution < -0.4 is 5.32 Å². The van der Waals surface area contributed by atoms with Crippen LogP contribution in [0.2, 0.25) is 0 Å². The molecule has 3 rings (SSSR count). The molecule has 0 saturated heterocycles. The van der Waals surface area contributed by atoms with Crippen molar-refractivity contribution in [2.24, 2.45) is 0 Å². The van der Waals surface area contributed by atoms with Crippen LogP contribution in [0.5, 0.6) is 0 Å². The van der Waals surface area contributed by atoms with E-state index in [0.717, 1.165) is 22.2 Å². The Morgan fingerprint density at radius 2 is 2.00 bits per heavy atom. The monoisotopic (exact) mass is 366 g/mol. The van der Waals surface area contributed by atoms with Crippen molar-refractivity contribution in [3.63, 3.8) is 0 Å². The first-order valence-electron chi connectivity index (χ1n) is 7.47. The number of carbonyl (C=O) groups excluding carboxylic acids is 1. The normalized spacial score (nSPS) is 14.8. The Bertz CT molecular complexity index is 886. The fourth-order valence-corrected chi connectivity index (χ4v) is 4.00. The summed E-state index contributed by atoms with van der Waals surface area (Å²) in [5, 5.41) is 12.1. The molecule has 2 aromatic rings. The summed E-state index contributed by atoms with van der Waals surface area (Å²) < 4.78 is 25.6. The van der Waals surface area contributed by atoms with E-state index >= 15 is 0 Å². The Morgan fingerprint density at radius 1 is 1.29 bits per heavy atom. The molecule has 1 aromatic carbocycles. The van der Waals surface area contributed by atoms with Crippen LogP contribution in [0.15, 0.2) is 23.1 Å². The second-order valence-electron chi connectivity index (χ2n) is 5.94. The first-order chi connectivity index (χ1) is 11.3. The molecule has 1 aliphatic carbocycles. The van der Waals surface area contributed by atoms with Gasteiger partial charge in [-0.2, -0.15) is 0 Å². The second-order valence-corrected chi connectivity index (χ2v) is 9.10. The Morgan fingerprint density at radius 3 is 2.62 bits per heavy atom. The molecule has 128 valence electrons. The lowest BCUT2D eigenvalue weighted by Crippen LogP contribution is -2.23. The lowest BCUT2D eigenvalue weighted by molar-refractivity contribution is 0.102. The van der Waals surface area contributed by atoms with Gasteiger partial charge in [-0.25, -0.2) is 12.7 Å². The molecule has 1 aliphatic rings. The molecular weight excluding hydrogens is 348 g/mol. The molecule has 1 amide bonds. The van der Waals surface area contributed by atoms with E-state index in [0.29, 0.717) is 22.2 Å². The van der Waals surface area contributed by atoms with E-state index in [1.165, 1.54) is 37.6 Å². The summed E-state index contributed by atoms with van der Waals surface area (Å²) in [6, 6.07) is 4.52. The third kappa shape index (κ3) is 3.33. The van der Waals surface area contributed by atoms with E-state index in [1.54, 1.807) is 13.0 Å². The highest BCUT2D eigenvalue weighted by atomic mass is 32.2. The highest BCUT2D eigenvalue weighted by molar-refractivity contribution is 7.89. The average molecular weight is 366 g/mol. The van der Waals surface area contributed by atoms with Gasteiger partial charge in [0.2, 0.25) is 15.2 Å². The summed E-state index contributed by atoms with van der Waals surface area (Å²) in [6.07, 6.45) is 2.23. The molecule has 7 nitrogen and oxygen atoms in total. The van der Waals surface area contributed by atoms with Crippen molar-refractivity contribution in [2.75, 3.05) is 19.4 Å². The zero-order valence-corrected chi connectivity index (χ0v) is 15.2. The van der Waals surface area contributed by atoms with Crippen molar-refractivity contribution in [1.82, 2.24) is 14.5 Å². The molecule has 1 aromatic heterocycles. The number of nitrogens with zero attached hydrogens (tertiary/aromatic N) is 3. The fraction of sp³-hybridized carbons (Fsp3) is 0.400. The topological polar surface area (TPSA) is 92.3 Å². The van der Waals surface area contributed by atoms with Crippen LogP contribution >= 0.6 is 11.3 Å². The maximum absolute atomic E-state index is 12.5. The number of hydrogen-bond donors (Lipinski definition) is 1. The molecule has 0 aliphatic heterocycles. The molecular formula is C15H18N4O3S2. The number of aryl methyl sites for hydroxylation is 1. The number of anilines is 1. The smallest absolute Gasteiger partial charge is 0.257 e. The molecule has 1 fully saturated rings. The van der Waals surface area contributed by atoms with Gasteiger partial charge in [-0.3, -0.25) is 10.1 Å². The van der Waals surface area contributed by atoms with Gasteiger partial charge in [0, 0.05) is 25.6 Å². The number of carbonyl (C=O) groups is 1. The third-order valence-corrected chi connectivity index (χ3v) is 6.63. The lowest BCUT2D eigenvalue weighted by Gasteiger charge is -2.13. The average Bonchev–Trinajstić information content (AvgIpc) is 3.27. The quantitative estimate of drug-likeness (QED) is 0.876. The van der Waals surface area contributed by atoms with Crippen LogP contribution in [-0.2, 0) is 10.0 Å². The molecule has 0 bridgehead atoms. The first kappa shape index (κ1) is 17.0. The third-order valence-electron chi connectivity index (χ3n) is 3.82. The minimum absolute atomic E-state index is 0.0826. The van der Waals surface area contributed by atoms with E-state index in [1.807, 2.05) is 0 Å². The minimum Gasteiger partial charge on any atom is -0.296 e.